The van der Waals surface area contributed by atoms with E-state index in [1.54, 1.807) is 7.05 Å². The number of benzene rings is 1. The molecule has 0 bridgehead atoms. The van der Waals surface area contributed by atoms with Gasteiger partial charge in [-0.1, -0.05) is 0 Å². The van der Waals surface area contributed by atoms with Crippen LogP contribution >= 0.6 is 0 Å². The van der Waals surface area contributed by atoms with E-state index in [9.17, 15) is 0 Å². The number of nitrogens with zero attached hydrogens (tertiary/aromatic N) is 1. The van der Waals surface area contributed by atoms with Crippen LogP contribution in [0.3, 0.4) is 0 Å². The van der Waals surface area contributed by atoms with Gasteiger partial charge in [0, 0.05) is 0 Å². The fourth-order valence-electron chi connectivity index (χ4n) is 1.85. The molecule has 0 unspecified atom stereocenters. The molecule has 0 heterocycles. The Morgan fingerprint density at radius 1 is 0.875 bits per heavy atom. The summed E-state index contributed by atoms with van der Waals surface area (Å²) in [6, 6.07) is 0. The van der Waals surface area contributed by atoms with Gasteiger partial charge in [-0.25, -0.2) is 0 Å². The summed E-state index contributed by atoms with van der Waals surface area (Å²) < 4.78 is 0.828. The maximum absolute atomic E-state index is 4.10. The minimum atomic E-state index is 0.828. The fraction of sp³-hybridized carbons (Fsp3) is 0.462. The Bertz CT molecular complexity index is 419. The maximum atomic E-state index is 4.10. The van der Waals surface area contributed by atoms with Gasteiger partial charge in [-0.15, -0.1) is 0 Å². The zero-order valence-electron chi connectivity index (χ0n) is 10.9. The van der Waals surface area contributed by atoms with Gasteiger partial charge < -0.3 is 0 Å². The number of amidine groups is 1. The molecule has 0 fully saturated rings. The first-order chi connectivity index (χ1) is 7.40. The Kier molecular flexibility index (Phi) is 4.17. The van der Waals surface area contributed by atoms with Crippen LogP contribution in [0.5, 0.6) is 0 Å². The van der Waals surface area contributed by atoms with Crippen molar-refractivity contribution in [2.45, 2.75) is 34.6 Å². The molecule has 0 amide bonds. The zero-order chi connectivity index (χ0) is 12.5. The molecule has 2 nitrogen and oxygen atoms in total. The molecular weight excluding hydrogens is 263 g/mol. The van der Waals surface area contributed by atoms with Gasteiger partial charge in [-0.2, -0.15) is 0 Å². The number of aliphatic imine (C=N–C) groups is 1. The van der Waals surface area contributed by atoms with Gasteiger partial charge >= 0.3 is 106 Å². The van der Waals surface area contributed by atoms with Gasteiger partial charge in [0.05, 0.1) is 0 Å². The van der Waals surface area contributed by atoms with Crippen molar-refractivity contribution in [1.82, 2.24) is 0 Å². The first kappa shape index (κ1) is 13.3. The van der Waals surface area contributed by atoms with Crippen LogP contribution in [0.25, 0.3) is 0 Å². The number of hydrogen-bond acceptors (Lipinski definition) is 1. The molecule has 16 heavy (non-hydrogen) atoms. The second-order valence-electron chi connectivity index (χ2n) is 4.15. The second kappa shape index (κ2) is 5.03. The Morgan fingerprint density at radius 3 is 1.62 bits per heavy atom. The van der Waals surface area contributed by atoms with E-state index < -0.39 is 0 Å². The Balaban J connectivity index is 3.40. The third-order valence-electron chi connectivity index (χ3n) is 3.44. The monoisotopic (exact) mass is 283 g/mol. The molecule has 1 N–H and O–H groups in total. The van der Waals surface area contributed by atoms with Crippen LogP contribution in [0.15, 0.2) is 4.99 Å². The van der Waals surface area contributed by atoms with Crippen molar-refractivity contribution >= 4 is 26.4 Å². The number of hydrogen-bond donors (Lipinski definition) is 1. The number of anilines is 1. The van der Waals surface area contributed by atoms with E-state index in [0.29, 0.717) is 0 Å². The van der Waals surface area contributed by atoms with E-state index in [1.807, 2.05) is 0 Å². The standard InChI is InChI=1S/C13H19N2Se/c1-7-8(2)10(4)12(11(5)9(7)3)15-13(16)14-6/h1-6H3,(H,14,15). The van der Waals surface area contributed by atoms with Crippen LogP contribution in [-0.4, -0.2) is 27.8 Å². The van der Waals surface area contributed by atoms with Gasteiger partial charge in [0.2, 0.25) is 0 Å². The summed E-state index contributed by atoms with van der Waals surface area (Å²) >= 11 is 2.92. The molecule has 0 aliphatic heterocycles. The van der Waals surface area contributed by atoms with Crippen LogP contribution in [-0.2, 0) is 0 Å². The average molecular weight is 282 g/mol. The molecular formula is C13H19N2Se. The van der Waals surface area contributed by atoms with Crippen LogP contribution in [0.1, 0.15) is 27.8 Å². The zero-order valence-corrected chi connectivity index (χ0v) is 12.6. The molecule has 0 aliphatic rings. The quantitative estimate of drug-likeness (QED) is 0.478. The third kappa shape index (κ3) is 2.31. The van der Waals surface area contributed by atoms with E-state index >= 15 is 0 Å². The summed E-state index contributed by atoms with van der Waals surface area (Å²) in [4.78, 5) is 4.10. The Labute approximate surface area is 106 Å². The van der Waals surface area contributed by atoms with E-state index in [1.165, 1.54) is 33.5 Å². The van der Waals surface area contributed by atoms with Crippen LogP contribution in [0.4, 0.5) is 5.69 Å². The van der Waals surface area contributed by atoms with Gasteiger partial charge in [0.15, 0.2) is 0 Å². The summed E-state index contributed by atoms with van der Waals surface area (Å²) in [6.45, 7) is 10.8. The number of rotatable bonds is 1. The van der Waals surface area contributed by atoms with E-state index in [0.717, 1.165) is 4.73 Å². The molecule has 0 saturated heterocycles. The van der Waals surface area contributed by atoms with Crippen LogP contribution in [0, 0.1) is 34.6 Å². The normalized spacial score (nSPS) is 11.8. The van der Waals surface area contributed by atoms with Crippen molar-refractivity contribution in [3.05, 3.63) is 27.8 Å². The first-order valence-corrected chi connectivity index (χ1v) is 6.23. The molecule has 3 heteroatoms. The molecule has 0 aromatic heterocycles. The van der Waals surface area contributed by atoms with Crippen molar-refractivity contribution in [3.8, 4) is 0 Å². The molecule has 0 saturated carbocycles. The van der Waals surface area contributed by atoms with E-state index in [2.05, 4.69) is 60.9 Å². The summed E-state index contributed by atoms with van der Waals surface area (Å²) in [5, 5.41) is 3.33. The molecule has 1 aromatic rings. The Hall–Kier alpha value is -0.791. The van der Waals surface area contributed by atoms with Crippen molar-refractivity contribution in [3.63, 3.8) is 0 Å². The summed E-state index contributed by atoms with van der Waals surface area (Å²) in [5.74, 6) is 0. The van der Waals surface area contributed by atoms with Crippen molar-refractivity contribution in [1.29, 1.82) is 0 Å². The summed E-state index contributed by atoms with van der Waals surface area (Å²) in [7, 11) is 1.78. The van der Waals surface area contributed by atoms with Gasteiger partial charge in [-0.3, -0.25) is 0 Å². The van der Waals surface area contributed by atoms with Crippen LogP contribution < -0.4 is 5.32 Å². The van der Waals surface area contributed by atoms with Gasteiger partial charge in [0.25, 0.3) is 0 Å². The van der Waals surface area contributed by atoms with Crippen molar-refractivity contribution in [2.24, 2.45) is 4.99 Å². The predicted molar refractivity (Wildman–Crippen MR) is 72.9 cm³/mol. The molecule has 1 aromatic carbocycles. The Morgan fingerprint density at radius 2 is 1.25 bits per heavy atom. The molecule has 0 spiro atoms. The van der Waals surface area contributed by atoms with Crippen molar-refractivity contribution in [2.75, 3.05) is 12.4 Å². The summed E-state index contributed by atoms with van der Waals surface area (Å²) in [6.07, 6.45) is 0. The van der Waals surface area contributed by atoms with Gasteiger partial charge in [0.1, 0.15) is 0 Å². The SMILES string of the molecule is CN=C([Se])Nc1c(C)c(C)c(C)c(C)c1C. The average Bonchev–Trinajstić information content (AvgIpc) is 2.29. The minimum absolute atomic E-state index is 0.828. The predicted octanol–water partition coefficient (Wildman–Crippen LogP) is 2.79. The third-order valence-corrected chi connectivity index (χ3v) is 4.03. The molecule has 1 radical (unpaired) electrons. The van der Waals surface area contributed by atoms with Crippen LogP contribution in [0.2, 0.25) is 0 Å². The van der Waals surface area contributed by atoms with Crippen molar-refractivity contribution < 1.29 is 0 Å². The second-order valence-corrected chi connectivity index (χ2v) is 4.97. The van der Waals surface area contributed by atoms with Gasteiger partial charge in [-0.05, 0) is 0 Å². The molecule has 1 rings (SSSR count). The molecule has 0 aliphatic carbocycles. The molecule has 0 atom stereocenters. The summed E-state index contributed by atoms with van der Waals surface area (Å²) in [5.41, 5.74) is 7.88. The van der Waals surface area contributed by atoms with E-state index in [-0.39, 0.29) is 0 Å². The fourth-order valence-corrected chi connectivity index (χ4v) is 2.06. The number of nitrogens with one attached hydrogen (secondary N) is 1. The molecule has 87 valence electrons. The van der Waals surface area contributed by atoms with E-state index in [4.69, 9.17) is 0 Å². The topological polar surface area (TPSA) is 24.4 Å². The first-order valence-electron chi connectivity index (χ1n) is 5.37.